The molecule has 0 unspecified atom stereocenters. The van der Waals surface area contributed by atoms with Gasteiger partial charge in [0.25, 0.3) is 0 Å². The van der Waals surface area contributed by atoms with E-state index >= 15 is 0 Å². The first kappa shape index (κ1) is 9.54. The van der Waals surface area contributed by atoms with Crippen LogP contribution in [0.4, 0.5) is 0 Å². The Hall–Kier alpha value is 0.543. The first-order chi connectivity index (χ1) is 4.41. The Morgan fingerprint density at radius 2 is 1.33 bits per heavy atom. The van der Waals surface area contributed by atoms with Crippen LogP contribution in [0, 0.1) is 0 Å². The van der Waals surface area contributed by atoms with Crippen molar-refractivity contribution < 1.29 is 0 Å². The maximum absolute atomic E-state index is 2.29. The normalized spacial score (nSPS) is 10.0. The van der Waals surface area contributed by atoms with E-state index in [1.165, 1.54) is 25.7 Å². The molecule has 0 nitrogen and oxygen atoms in total. The Morgan fingerprint density at radius 3 is 1.67 bits per heavy atom. The standard InChI is InChI=1S/C8H20Ge/c1-3-5-7-9-8-6-4-2/h3-9H2,1-2H3. The topological polar surface area (TPSA) is 0 Å². The van der Waals surface area contributed by atoms with Crippen LogP contribution in [0.5, 0.6) is 0 Å². The van der Waals surface area contributed by atoms with E-state index in [1.807, 2.05) is 0 Å². The van der Waals surface area contributed by atoms with Gasteiger partial charge in [-0.3, -0.25) is 0 Å². The third-order valence-electron chi connectivity index (χ3n) is 1.71. The fraction of sp³-hybridized carbons (Fsp3) is 1.00. The van der Waals surface area contributed by atoms with Crippen LogP contribution in [-0.2, 0) is 0 Å². The second kappa shape index (κ2) is 8.54. The van der Waals surface area contributed by atoms with Crippen LogP contribution in [-0.4, -0.2) is 15.4 Å². The maximum atomic E-state index is 2.29. The van der Waals surface area contributed by atoms with E-state index in [2.05, 4.69) is 13.8 Å². The zero-order chi connectivity index (χ0) is 6.95. The van der Waals surface area contributed by atoms with Crippen molar-refractivity contribution in [3.8, 4) is 0 Å². The first-order valence-corrected chi connectivity index (χ1v) is 8.61. The summed E-state index contributed by atoms with van der Waals surface area (Å²) in [5.41, 5.74) is 0. The van der Waals surface area contributed by atoms with Crippen LogP contribution in [0.15, 0.2) is 0 Å². The molecule has 0 aromatic carbocycles. The molecule has 0 aliphatic rings. The molecular weight excluding hydrogens is 169 g/mol. The van der Waals surface area contributed by atoms with E-state index < -0.39 is 0 Å². The van der Waals surface area contributed by atoms with Gasteiger partial charge in [0.15, 0.2) is 0 Å². The van der Waals surface area contributed by atoms with Crippen LogP contribution in [0.1, 0.15) is 39.5 Å². The number of rotatable bonds is 6. The predicted octanol–water partition coefficient (Wildman–Crippen LogP) is 2.59. The van der Waals surface area contributed by atoms with Crippen LogP contribution >= 0.6 is 0 Å². The Bertz CT molecular complexity index is 37.8. The van der Waals surface area contributed by atoms with E-state index in [-0.39, 0.29) is 15.4 Å². The minimum atomic E-state index is 0.0146. The third kappa shape index (κ3) is 8.54. The monoisotopic (exact) mass is 190 g/mol. The third-order valence-corrected chi connectivity index (χ3v) is 5.90. The SMILES string of the molecule is CCC[CH2][GeH2][CH2]CCC. The average Bonchev–Trinajstić information content (AvgIpc) is 1.89. The molecular formula is C8H20Ge. The molecule has 0 heterocycles. The molecule has 0 aromatic rings. The van der Waals surface area contributed by atoms with Crippen molar-refractivity contribution in [3.05, 3.63) is 0 Å². The second-order valence-corrected chi connectivity index (χ2v) is 7.22. The van der Waals surface area contributed by atoms with E-state index in [1.54, 1.807) is 10.5 Å². The summed E-state index contributed by atoms with van der Waals surface area (Å²) in [6.45, 7) is 4.59. The van der Waals surface area contributed by atoms with Gasteiger partial charge in [0.1, 0.15) is 0 Å². The van der Waals surface area contributed by atoms with Gasteiger partial charge in [-0.1, -0.05) is 0 Å². The molecule has 56 valence electrons. The summed E-state index contributed by atoms with van der Waals surface area (Å²) in [6.07, 6.45) is 5.86. The van der Waals surface area contributed by atoms with Crippen LogP contribution in [0.3, 0.4) is 0 Å². The van der Waals surface area contributed by atoms with Gasteiger partial charge in [0, 0.05) is 0 Å². The van der Waals surface area contributed by atoms with Gasteiger partial charge in [-0.05, 0) is 0 Å². The van der Waals surface area contributed by atoms with Gasteiger partial charge >= 0.3 is 65.5 Å². The quantitative estimate of drug-likeness (QED) is 0.444. The van der Waals surface area contributed by atoms with Crippen molar-refractivity contribution in [2.45, 2.75) is 50.0 Å². The molecule has 0 atom stereocenters. The Labute approximate surface area is 65.9 Å². The summed E-state index contributed by atoms with van der Waals surface area (Å²) in [4.78, 5) is 0. The van der Waals surface area contributed by atoms with Crippen molar-refractivity contribution in [1.82, 2.24) is 0 Å². The van der Waals surface area contributed by atoms with Crippen molar-refractivity contribution in [1.29, 1.82) is 0 Å². The number of unbranched alkanes of at least 4 members (excludes halogenated alkanes) is 2. The van der Waals surface area contributed by atoms with Crippen LogP contribution in [0.25, 0.3) is 0 Å². The van der Waals surface area contributed by atoms with Gasteiger partial charge in [-0.15, -0.1) is 0 Å². The predicted molar refractivity (Wildman–Crippen MR) is 48.0 cm³/mol. The van der Waals surface area contributed by atoms with Crippen molar-refractivity contribution in [2.24, 2.45) is 0 Å². The van der Waals surface area contributed by atoms with Crippen molar-refractivity contribution in [2.75, 3.05) is 0 Å². The fourth-order valence-electron chi connectivity index (χ4n) is 1.03. The molecule has 1 heteroatoms. The molecule has 0 fully saturated rings. The van der Waals surface area contributed by atoms with E-state index in [4.69, 9.17) is 0 Å². The molecule has 0 N–H and O–H groups in total. The van der Waals surface area contributed by atoms with Gasteiger partial charge in [-0.25, -0.2) is 0 Å². The van der Waals surface area contributed by atoms with Gasteiger partial charge in [-0.2, -0.15) is 0 Å². The molecule has 9 heavy (non-hydrogen) atoms. The molecule has 0 bridgehead atoms. The molecule has 0 aliphatic carbocycles. The zero-order valence-electron chi connectivity index (χ0n) is 6.95. The zero-order valence-corrected chi connectivity index (χ0v) is 9.92. The summed E-state index contributed by atoms with van der Waals surface area (Å²) >= 11 is 0.0146. The Morgan fingerprint density at radius 1 is 0.889 bits per heavy atom. The van der Waals surface area contributed by atoms with E-state index in [0.717, 1.165) is 0 Å². The molecule has 0 aromatic heterocycles. The molecule has 0 rings (SSSR count). The molecule has 0 amide bonds. The van der Waals surface area contributed by atoms with Gasteiger partial charge in [0.05, 0.1) is 0 Å². The van der Waals surface area contributed by atoms with Crippen LogP contribution in [0.2, 0.25) is 10.5 Å². The first-order valence-electron chi connectivity index (χ1n) is 4.41. The summed E-state index contributed by atoms with van der Waals surface area (Å²) in [5.74, 6) is 0. The molecule has 0 radical (unpaired) electrons. The molecule has 0 saturated heterocycles. The Balaban J connectivity index is 2.60. The molecule has 0 aliphatic heterocycles. The van der Waals surface area contributed by atoms with Crippen LogP contribution < -0.4 is 0 Å². The van der Waals surface area contributed by atoms with Gasteiger partial charge < -0.3 is 0 Å². The van der Waals surface area contributed by atoms with E-state index in [9.17, 15) is 0 Å². The summed E-state index contributed by atoms with van der Waals surface area (Å²) in [7, 11) is 0. The fourth-order valence-corrected chi connectivity index (χ4v) is 5.35. The minimum absolute atomic E-state index is 0.0146. The average molecular weight is 189 g/mol. The summed E-state index contributed by atoms with van der Waals surface area (Å²) in [5, 5.41) is 3.28. The summed E-state index contributed by atoms with van der Waals surface area (Å²) in [6, 6.07) is 0. The summed E-state index contributed by atoms with van der Waals surface area (Å²) < 4.78 is 0. The molecule has 0 saturated carbocycles. The number of hydrogen-bond acceptors (Lipinski definition) is 0. The Kier molecular flexibility index (Phi) is 9.06. The van der Waals surface area contributed by atoms with E-state index in [0.29, 0.717) is 0 Å². The second-order valence-electron chi connectivity index (χ2n) is 2.77. The van der Waals surface area contributed by atoms with Gasteiger partial charge in [0.2, 0.25) is 0 Å². The van der Waals surface area contributed by atoms with Crippen molar-refractivity contribution >= 4 is 15.4 Å². The van der Waals surface area contributed by atoms with Crippen molar-refractivity contribution in [3.63, 3.8) is 0 Å². The number of hydrogen-bond donors (Lipinski definition) is 0. The molecule has 0 spiro atoms.